The van der Waals surface area contributed by atoms with Gasteiger partial charge in [-0.15, -0.1) is 5.10 Å². The molecule has 2 aromatic carbocycles. The van der Waals surface area contributed by atoms with E-state index in [4.69, 9.17) is 0 Å². The molecule has 0 fully saturated rings. The molecule has 3 rings (SSSR count). The van der Waals surface area contributed by atoms with Gasteiger partial charge < -0.3 is 5.32 Å². The van der Waals surface area contributed by atoms with Gasteiger partial charge in [-0.25, -0.2) is 0 Å². The lowest BCUT2D eigenvalue weighted by atomic mass is 10.1. The maximum Gasteiger partial charge on any atom is 0.230 e. The van der Waals surface area contributed by atoms with Gasteiger partial charge in [0.1, 0.15) is 0 Å². The van der Waals surface area contributed by atoms with Crippen LogP contribution in [0.2, 0.25) is 0 Å². The third kappa shape index (κ3) is 3.99. The number of para-hydroxylation sites is 1. The van der Waals surface area contributed by atoms with Crippen LogP contribution in [0.1, 0.15) is 11.1 Å². The number of aryl methyl sites for hydroxylation is 1. The van der Waals surface area contributed by atoms with E-state index in [9.17, 15) is 4.79 Å². The first-order valence-corrected chi connectivity index (χ1v) is 8.50. The number of nitrogens with zero attached hydrogens (tertiary/aromatic N) is 4. The summed E-state index contributed by atoms with van der Waals surface area (Å²) in [6.45, 7) is 2.56. The maximum atomic E-state index is 12.1. The van der Waals surface area contributed by atoms with E-state index in [1.807, 2.05) is 61.5 Å². The molecule has 0 aliphatic rings. The second kappa shape index (κ2) is 7.74. The highest BCUT2D eigenvalue weighted by Crippen LogP contribution is 2.17. The maximum absolute atomic E-state index is 12.1. The van der Waals surface area contributed by atoms with Gasteiger partial charge in [0.05, 0.1) is 11.4 Å². The van der Waals surface area contributed by atoms with Gasteiger partial charge in [0.2, 0.25) is 11.1 Å². The Morgan fingerprint density at radius 1 is 1.12 bits per heavy atom. The van der Waals surface area contributed by atoms with E-state index in [1.165, 1.54) is 17.3 Å². The Kier molecular flexibility index (Phi) is 5.22. The molecule has 1 N–H and O–H groups in total. The van der Waals surface area contributed by atoms with Crippen LogP contribution >= 0.6 is 11.8 Å². The number of benzene rings is 2. The fraction of sp³-hybridized carbons (Fsp3) is 0.176. The fourth-order valence-electron chi connectivity index (χ4n) is 2.18. The Hall–Kier alpha value is -2.67. The summed E-state index contributed by atoms with van der Waals surface area (Å²) in [6, 6.07) is 17.6. The van der Waals surface area contributed by atoms with Crippen LogP contribution in [0, 0.1) is 6.92 Å². The van der Waals surface area contributed by atoms with Crippen LogP contribution in [-0.4, -0.2) is 31.9 Å². The molecule has 0 aliphatic heterocycles. The number of amides is 1. The van der Waals surface area contributed by atoms with Crippen molar-refractivity contribution in [2.45, 2.75) is 18.6 Å². The van der Waals surface area contributed by atoms with Gasteiger partial charge in [-0.05, 0) is 40.6 Å². The molecule has 1 amide bonds. The molecule has 24 heavy (non-hydrogen) atoms. The normalized spacial score (nSPS) is 10.5. The third-order valence-electron chi connectivity index (χ3n) is 3.51. The van der Waals surface area contributed by atoms with Crippen LogP contribution in [0.3, 0.4) is 0 Å². The minimum atomic E-state index is -0.0501. The largest absolute Gasteiger partial charge is 0.351 e. The average molecular weight is 339 g/mol. The SMILES string of the molecule is Cc1ccccc1CNC(=O)CSc1nnnn1-c1ccccc1. The highest BCUT2D eigenvalue weighted by Gasteiger charge is 2.11. The van der Waals surface area contributed by atoms with Crippen molar-refractivity contribution in [3.8, 4) is 5.69 Å². The first-order chi connectivity index (χ1) is 11.7. The van der Waals surface area contributed by atoms with Crippen LogP contribution in [0.25, 0.3) is 5.69 Å². The fourth-order valence-corrected chi connectivity index (χ4v) is 2.90. The molecule has 0 unspecified atom stereocenters. The summed E-state index contributed by atoms with van der Waals surface area (Å²) in [4.78, 5) is 12.1. The van der Waals surface area contributed by atoms with Gasteiger partial charge in [0, 0.05) is 6.54 Å². The van der Waals surface area contributed by atoms with E-state index in [0.717, 1.165) is 11.3 Å². The van der Waals surface area contributed by atoms with E-state index in [0.29, 0.717) is 11.7 Å². The lowest BCUT2D eigenvalue weighted by Crippen LogP contribution is -2.25. The van der Waals surface area contributed by atoms with Crippen LogP contribution < -0.4 is 5.32 Å². The Labute approximate surface area is 144 Å². The van der Waals surface area contributed by atoms with Gasteiger partial charge in [-0.3, -0.25) is 4.79 Å². The molecular weight excluding hydrogens is 322 g/mol. The molecule has 0 spiro atoms. The van der Waals surface area contributed by atoms with Gasteiger partial charge in [0.25, 0.3) is 0 Å². The molecule has 0 atom stereocenters. The number of hydrogen-bond acceptors (Lipinski definition) is 5. The van der Waals surface area contributed by atoms with E-state index in [1.54, 1.807) is 4.68 Å². The molecule has 0 bridgehead atoms. The zero-order chi connectivity index (χ0) is 16.8. The first kappa shape index (κ1) is 16.2. The van der Waals surface area contributed by atoms with Gasteiger partial charge in [-0.1, -0.05) is 54.2 Å². The highest BCUT2D eigenvalue weighted by molar-refractivity contribution is 7.99. The molecule has 3 aromatic rings. The standard InChI is InChI=1S/C17H17N5OS/c1-13-7-5-6-8-14(13)11-18-16(23)12-24-17-19-20-21-22(17)15-9-3-2-4-10-15/h2-10H,11-12H2,1H3,(H,18,23). The minimum Gasteiger partial charge on any atom is -0.351 e. The zero-order valence-electron chi connectivity index (χ0n) is 13.2. The Morgan fingerprint density at radius 2 is 1.88 bits per heavy atom. The van der Waals surface area contributed by atoms with Crippen molar-refractivity contribution < 1.29 is 4.79 Å². The number of carbonyl (C=O) groups is 1. The van der Waals surface area contributed by atoms with Crippen molar-refractivity contribution in [1.29, 1.82) is 0 Å². The molecule has 0 radical (unpaired) electrons. The molecule has 0 aliphatic carbocycles. The number of carbonyl (C=O) groups excluding carboxylic acids is 1. The number of thioether (sulfide) groups is 1. The number of rotatable bonds is 6. The van der Waals surface area contributed by atoms with Crippen molar-refractivity contribution in [1.82, 2.24) is 25.5 Å². The molecule has 122 valence electrons. The van der Waals surface area contributed by atoms with Crippen molar-refractivity contribution in [2.24, 2.45) is 0 Å². The quantitative estimate of drug-likeness (QED) is 0.698. The number of aromatic nitrogens is 4. The minimum absolute atomic E-state index is 0.0501. The second-order valence-corrected chi connectivity index (χ2v) is 6.14. The summed E-state index contributed by atoms with van der Waals surface area (Å²) in [7, 11) is 0. The van der Waals surface area contributed by atoms with Crippen LogP contribution in [0.15, 0.2) is 59.8 Å². The monoisotopic (exact) mass is 339 g/mol. The van der Waals surface area contributed by atoms with Crippen molar-refractivity contribution in [3.05, 3.63) is 65.7 Å². The molecule has 6 nitrogen and oxygen atoms in total. The third-order valence-corrected chi connectivity index (χ3v) is 4.43. The summed E-state index contributed by atoms with van der Waals surface area (Å²) >= 11 is 1.31. The van der Waals surface area contributed by atoms with Gasteiger partial charge in [-0.2, -0.15) is 4.68 Å². The van der Waals surface area contributed by atoms with E-state index in [2.05, 4.69) is 20.8 Å². The van der Waals surface area contributed by atoms with Crippen LogP contribution in [0.5, 0.6) is 0 Å². The van der Waals surface area contributed by atoms with Crippen molar-refractivity contribution in [2.75, 3.05) is 5.75 Å². The predicted octanol–water partition coefficient (Wildman–Crippen LogP) is 2.38. The van der Waals surface area contributed by atoms with Crippen molar-refractivity contribution in [3.63, 3.8) is 0 Å². The Morgan fingerprint density at radius 3 is 2.67 bits per heavy atom. The second-order valence-electron chi connectivity index (χ2n) is 5.20. The van der Waals surface area contributed by atoms with E-state index >= 15 is 0 Å². The van der Waals surface area contributed by atoms with Gasteiger partial charge >= 0.3 is 0 Å². The number of hydrogen-bond donors (Lipinski definition) is 1. The molecule has 7 heteroatoms. The molecule has 0 saturated heterocycles. The highest BCUT2D eigenvalue weighted by atomic mass is 32.2. The average Bonchev–Trinajstić information content (AvgIpc) is 3.08. The summed E-state index contributed by atoms with van der Waals surface area (Å²) in [5, 5.41) is 15.2. The van der Waals surface area contributed by atoms with Crippen molar-refractivity contribution >= 4 is 17.7 Å². The lowest BCUT2D eigenvalue weighted by molar-refractivity contribution is -0.118. The molecular formula is C17H17N5OS. The molecule has 0 saturated carbocycles. The van der Waals surface area contributed by atoms with Crippen LogP contribution in [-0.2, 0) is 11.3 Å². The van der Waals surface area contributed by atoms with Gasteiger partial charge in [0.15, 0.2) is 0 Å². The van der Waals surface area contributed by atoms with E-state index in [-0.39, 0.29) is 11.7 Å². The molecule has 1 aromatic heterocycles. The van der Waals surface area contributed by atoms with E-state index < -0.39 is 0 Å². The smallest absolute Gasteiger partial charge is 0.230 e. The summed E-state index contributed by atoms with van der Waals surface area (Å²) in [5.41, 5.74) is 3.15. The summed E-state index contributed by atoms with van der Waals surface area (Å²) in [6.07, 6.45) is 0. The Balaban J connectivity index is 1.56. The van der Waals surface area contributed by atoms with Crippen LogP contribution in [0.4, 0.5) is 0 Å². The zero-order valence-corrected chi connectivity index (χ0v) is 14.0. The summed E-state index contributed by atoms with van der Waals surface area (Å²) < 4.78 is 1.62. The summed E-state index contributed by atoms with van der Waals surface area (Å²) in [5.74, 6) is 0.213. The number of nitrogens with one attached hydrogen (secondary N) is 1. The Bertz CT molecular complexity index is 819. The molecule has 1 heterocycles. The first-order valence-electron chi connectivity index (χ1n) is 7.52. The lowest BCUT2D eigenvalue weighted by Gasteiger charge is -2.08. The topological polar surface area (TPSA) is 72.7 Å². The number of tetrazole rings is 1. The predicted molar refractivity (Wildman–Crippen MR) is 92.9 cm³/mol.